The quantitative estimate of drug-likeness (QED) is 0.394. The number of carbonyl (C=O) groups is 1. The molecular formula is C21H19ClN4O3. The van der Waals surface area contributed by atoms with E-state index >= 15 is 0 Å². The number of hydrogen-bond donors (Lipinski definition) is 1. The Bertz CT molecular complexity index is 1090. The largest absolute Gasteiger partial charge is 0.461 e. The van der Waals surface area contributed by atoms with Gasteiger partial charge in [-0.1, -0.05) is 36.3 Å². The zero-order valence-corrected chi connectivity index (χ0v) is 16.3. The van der Waals surface area contributed by atoms with Crippen molar-refractivity contribution in [3.05, 3.63) is 53.4 Å². The summed E-state index contributed by atoms with van der Waals surface area (Å²) in [5, 5.41) is 0.747. The predicted molar refractivity (Wildman–Crippen MR) is 109 cm³/mol. The van der Waals surface area contributed by atoms with Crippen LogP contribution in [0, 0.1) is 12.3 Å². The Morgan fingerprint density at radius 1 is 1.38 bits per heavy atom. The number of halogens is 1. The number of carbonyl (C=O) groups excluding carboxylic acids is 1. The molecule has 0 saturated carbocycles. The predicted octanol–water partition coefficient (Wildman–Crippen LogP) is 3.13. The number of aromatic nitrogens is 3. The smallest absolute Gasteiger partial charge is 0.310 e. The van der Waals surface area contributed by atoms with Crippen molar-refractivity contribution in [1.82, 2.24) is 14.5 Å². The van der Waals surface area contributed by atoms with Crippen LogP contribution >= 0.6 is 11.6 Å². The van der Waals surface area contributed by atoms with Crippen LogP contribution in [-0.2, 0) is 20.7 Å². The highest BCUT2D eigenvalue weighted by Crippen LogP contribution is 2.38. The molecule has 0 radical (unpaired) electrons. The van der Waals surface area contributed by atoms with Crippen LogP contribution < -0.4 is 5.73 Å². The Hall–Kier alpha value is -3.08. The second-order valence-corrected chi connectivity index (χ2v) is 7.25. The highest BCUT2D eigenvalue weighted by atomic mass is 35.5. The first-order chi connectivity index (χ1) is 14.0. The summed E-state index contributed by atoms with van der Waals surface area (Å²) >= 11 is 5.95. The van der Waals surface area contributed by atoms with Crippen molar-refractivity contribution in [3.8, 4) is 12.3 Å². The molecule has 148 valence electrons. The number of terminal acetylenes is 1. The van der Waals surface area contributed by atoms with Gasteiger partial charge in [-0.05, 0) is 36.1 Å². The zero-order chi connectivity index (χ0) is 20.4. The van der Waals surface area contributed by atoms with Crippen molar-refractivity contribution in [2.75, 3.05) is 12.3 Å². The molecule has 0 bridgehead atoms. The summed E-state index contributed by atoms with van der Waals surface area (Å²) in [4.78, 5) is 20.4. The maximum absolute atomic E-state index is 12.2. The molecule has 3 aromatic rings. The van der Waals surface area contributed by atoms with E-state index in [1.54, 1.807) is 6.07 Å². The zero-order valence-electron chi connectivity index (χ0n) is 15.5. The minimum atomic E-state index is -0.990. The van der Waals surface area contributed by atoms with Gasteiger partial charge in [-0.15, -0.1) is 6.42 Å². The standard InChI is InChI=1S/C21H19ClN4O3/c1-2-21(13-28-17(27)12-14-6-4-3-5-7-14)10-8-16(29-21)26-11-9-15-18(23)24-20(22)25-19(15)26/h1,3-7,9,11,16H,8,10,12-13H2,(H2,23,24,25)/t16-,21+/m1/s1. The maximum Gasteiger partial charge on any atom is 0.310 e. The molecule has 4 rings (SSSR count). The number of nitrogens with zero attached hydrogens (tertiary/aromatic N) is 3. The molecule has 2 atom stereocenters. The fourth-order valence-electron chi connectivity index (χ4n) is 3.46. The Balaban J connectivity index is 1.46. The molecule has 0 spiro atoms. The Kier molecular flexibility index (Phi) is 5.14. The molecule has 0 amide bonds. The van der Waals surface area contributed by atoms with Gasteiger partial charge in [0.25, 0.3) is 0 Å². The van der Waals surface area contributed by atoms with Crippen LogP contribution in [0.25, 0.3) is 11.0 Å². The van der Waals surface area contributed by atoms with Gasteiger partial charge in [0, 0.05) is 6.20 Å². The molecule has 7 nitrogen and oxygen atoms in total. The molecule has 1 aromatic carbocycles. The van der Waals surface area contributed by atoms with Crippen molar-refractivity contribution >= 4 is 34.4 Å². The van der Waals surface area contributed by atoms with E-state index in [-0.39, 0.29) is 30.5 Å². The van der Waals surface area contributed by atoms with Gasteiger partial charge < -0.3 is 19.8 Å². The number of nitrogens with two attached hydrogens (primary N) is 1. The fraction of sp³-hybridized carbons (Fsp3) is 0.286. The first-order valence-corrected chi connectivity index (χ1v) is 9.52. The van der Waals surface area contributed by atoms with Crippen LogP contribution in [0.2, 0.25) is 5.28 Å². The maximum atomic E-state index is 12.2. The number of esters is 1. The summed E-state index contributed by atoms with van der Waals surface area (Å²) in [6.07, 6.45) is 8.53. The van der Waals surface area contributed by atoms with Crippen LogP contribution in [0.3, 0.4) is 0 Å². The van der Waals surface area contributed by atoms with E-state index in [4.69, 9.17) is 33.2 Å². The van der Waals surface area contributed by atoms with Gasteiger partial charge in [-0.25, -0.2) is 4.98 Å². The van der Waals surface area contributed by atoms with Crippen LogP contribution in [0.4, 0.5) is 5.82 Å². The first-order valence-electron chi connectivity index (χ1n) is 9.14. The molecular weight excluding hydrogens is 392 g/mol. The van der Waals surface area contributed by atoms with Crippen molar-refractivity contribution in [2.24, 2.45) is 0 Å². The van der Waals surface area contributed by atoms with Gasteiger partial charge in [-0.3, -0.25) is 4.79 Å². The van der Waals surface area contributed by atoms with Gasteiger partial charge in [0.05, 0.1) is 11.8 Å². The third kappa shape index (κ3) is 3.90. The van der Waals surface area contributed by atoms with E-state index in [9.17, 15) is 4.79 Å². The van der Waals surface area contributed by atoms with Crippen molar-refractivity contribution in [2.45, 2.75) is 31.1 Å². The summed E-state index contributed by atoms with van der Waals surface area (Å²) in [6, 6.07) is 11.2. The molecule has 0 aliphatic carbocycles. The van der Waals surface area contributed by atoms with E-state index in [2.05, 4.69) is 15.9 Å². The topological polar surface area (TPSA) is 92.3 Å². The van der Waals surface area contributed by atoms with Gasteiger partial charge in [0.15, 0.2) is 5.60 Å². The lowest BCUT2D eigenvalue weighted by Crippen LogP contribution is -2.34. The third-order valence-electron chi connectivity index (χ3n) is 4.96. The average molecular weight is 411 g/mol. The third-order valence-corrected chi connectivity index (χ3v) is 5.13. The minimum absolute atomic E-state index is 0.0112. The van der Waals surface area contributed by atoms with Gasteiger partial charge in [0.1, 0.15) is 24.3 Å². The lowest BCUT2D eigenvalue weighted by atomic mass is 10.0. The molecule has 1 aliphatic rings. The number of nitrogen functional groups attached to an aromatic ring is 1. The lowest BCUT2D eigenvalue weighted by molar-refractivity contribution is -0.151. The minimum Gasteiger partial charge on any atom is -0.461 e. The van der Waals surface area contributed by atoms with Crippen LogP contribution in [-0.4, -0.2) is 32.7 Å². The average Bonchev–Trinajstić information content (AvgIpc) is 3.32. The molecule has 1 fully saturated rings. The molecule has 1 aliphatic heterocycles. The van der Waals surface area contributed by atoms with Gasteiger partial charge in [-0.2, -0.15) is 4.98 Å². The molecule has 2 N–H and O–H groups in total. The molecule has 1 saturated heterocycles. The summed E-state index contributed by atoms with van der Waals surface area (Å²) in [6.45, 7) is -0.0112. The summed E-state index contributed by atoms with van der Waals surface area (Å²) in [7, 11) is 0. The van der Waals surface area contributed by atoms with E-state index in [1.165, 1.54) is 0 Å². The van der Waals surface area contributed by atoms with E-state index in [1.807, 2.05) is 41.1 Å². The Morgan fingerprint density at radius 3 is 2.93 bits per heavy atom. The highest BCUT2D eigenvalue weighted by molar-refractivity contribution is 6.28. The second-order valence-electron chi connectivity index (χ2n) is 6.91. The number of benzene rings is 1. The van der Waals surface area contributed by atoms with Crippen molar-refractivity contribution < 1.29 is 14.3 Å². The van der Waals surface area contributed by atoms with E-state index in [0.717, 1.165) is 5.56 Å². The van der Waals surface area contributed by atoms with Crippen LogP contribution in [0.1, 0.15) is 24.6 Å². The number of fused-ring (bicyclic) bond motifs is 1. The lowest BCUT2D eigenvalue weighted by Gasteiger charge is -2.24. The number of hydrogen-bond acceptors (Lipinski definition) is 6. The fourth-order valence-corrected chi connectivity index (χ4v) is 3.63. The second kappa shape index (κ2) is 7.74. The number of rotatable bonds is 5. The monoisotopic (exact) mass is 410 g/mol. The van der Waals surface area contributed by atoms with Gasteiger partial charge in [0.2, 0.25) is 5.28 Å². The molecule has 29 heavy (non-hydrogen) atoms. The van der Waals surface area contributed by atoms with Gasteiger partial charge >= 0.3 is 5.97 Å². The molecule has 2 aromatic heterocycles. The molecule has 0 unspecified atom stereocenters. The summed E-state index contributed by atoms with van der Waals surface area (Å²) in [5.41, 5.74) is 6.37. The van der Waals surface area contributed by atoms with Crippen molar-refractivity contribution in [1.29, 1.82) is 0 Å². The number of ether oxygens (including phenoxy) is 2. The normalized spacial score (nSPS) is 21.2. The number of anilines is 1. The Labute approximate surface area is 172 Å². The SMILES string of the molecule is C#C[C@@]1(COC(=O)Cc2ccccc2)CC[C@H](n2ccc3c(N)nc(Cl)nc32)O1. The summed E-state index contributed by atoms with van der Waals surface area (Å²) < 4.78 is 13.4. The van der Waals surface area contributed by atoms with Crippen LogP contribution in [0.5, 0.6) is 0 Å². The first kappa shape index (κ1) is 19.2. The molecule has 3 heterocycles. The highest BCUT2D eigenvalue weighted by Gasteiger charge is 2.41. The van der Waals surface area contributed by atoms with Crippen molar-refractivity contribution in [3.63, 3.8) is 0 Å². The summed E-state index contributed by atoms with van der Waals surface area (Å²) in [5.74, 6) is 2.61. The molecule has 8 heteroatoms. The van der Waals surface area contributed by atoms with E-state index < -0.39 is 5.60 Å². The Morgan fingerprint density at radius 2 is 2.17 bits per heavy atom. The van der Waals surface area contributed by atoms with E-state index in [0.29, 0.717) is 29.7 Å². The van der Waals surface area contributed by atoms with Crippen LogP contribution in [0.15, 0.2) is 42.6 Å².